The van der Waals surface area contributed by atoms with Gasteiger partial charge in [0, 0.05) is 32.1 Å². The van der Waals surface area contributed by atoms with Crippen molar-refractivity contribution >= 4 is 29.8 Å². The average molecular weight is 677 g/mol. The third-order valence-corrected chi connectivity index (χ3v) is 7.15. The lowest BCUT2D eigenvalue weighted by Crippen LogP contribution is -2.14. The van der Waals surface area contributed by atoms with E-state index in [0.717, 1.165) is 12.8 Å². The van der Waals surface area contributed by atoms with Gasteiger partial charge in [-0.25, -0.2) is 0 Å². The van der Waals surface area contributed by atoms with Crippen LogP contribution in [0, 0.1) is 0 Å². The molecule has 0 aliphatic carbocycles. The quantitative estimate of drug-likeness (QED) is 0.0521. The Labute approximate surface area is 285 Å². The summed E-state index contributed by atoms with van der Waals surface area (Å²) in [5.74, 6) is -1.24. The molecule has 0 rings (SSSR count). The molecule has 278 valence electrons. The van der Waals surface area contributed by atoms with E-state index in [4.69, 9.17) is 9.84 Å². The van der Waals surface area contributed by atoms with Crippen LogP contribution < -0.4 is 0 Å². The number of unbranched alkanes of at least 4 members (excludes halogenated alkanes) is 15. The Morgan fingerprint density at radius 3 is 0.979 bits per heavy atom. The van der Waals surface area contributed by atoms with Gasteiger partial charge in [0.2, 0.25) is 0 Å². The van der Waals surface area contributed by atoms with E-state index < -0.39 is 6.10 Å². The van der Waals surface area contributed by atoms with Gasteiger partial charge in [-0.3, -0.25) is 24.0 Å². The third-order valence-electron chi connectivity index (χ3n) is 7.15. The van der Waals surface area contributed by atoms with Gasteiger partial charge in [0.1, 0.15) is 6.61 Å². The molecule has 0 aliphatic rings. The van der Waals surface area contributed by atoms with Crippen LogP contribution in [0.15, 0.2) is 0 Å². The van der Waals surface area contributed by atoms with Crippen molar-refractivity contribution in [2.24, 2.45) is 0 Å². The maximum Gasteiger partial charge on any atom is 0.305 e. The molecule has 11 heteroatoms. The summed E-state index contributed by atoms with van der Waals surface area (Å²) in [5, 5.41) is 9.03. The molecule has 0 aromatic heterocycles. The first-order valence-corrected chi connectivity index (χ1v) is 17.7. The maximum absolute atomic E-state index is 11.3. The Hall–Kier alpha value is -2.69. The van der Waals surface area contributed by atoms with Gasteiger partial charge >= 0.3 is 29.8 Å². The molecule has 0 spiro atoms. The molecule has 0 aliphatic heterocycles. The lowest BCUT2D eigenvalue weighted by atomic mass is 10.0. The number of carbonyl (C=O) groups is 5. The van der Waals surface area contributed by atoms with E-state index in [1.54, 1.807) is 6.92 Å². The molecule has 0 bridgehead atoms. The predicted molar refractivity (Wildman–Crippen MR) is 183 cm³/mol. The summed E-state index contributed by atoms with van der Waals surface area (Å²) in [6, 6.07) is 0. The summed E-state index contributed by atoms with van der Waals surface area (Å²) in [7, 11) is 5.34. The number of rotatable bonds is 27. The molecule has 1 atom stereocenters. The fourth-order valence-corrected chi connectivity index (χ4v) is 4.25. The van der Waals surface area contributed by atoms with Crippen molar-refractivity contribution in [2.45, 2.75) is 168 Å². The Morgan fingerprint density at radius 2 is 0.681 bits per heavy atom. The second-order valence-electron chi connectivity index (χ2n) is 11.6. The van der Waals surface area contributed by atoms with Crippen molar-refractivity contribution in [1.82, 2.24) is 0 Å². The van der Waals surface area contributed by atoms with Crippen LogP contribution in [-0.2, 0) is 47.7 Å². The zero-order chi connectivity index (χ0) is 36.0. The van der Waals surface area contributed by atoms with Gasteiger partial charge in [0.25, 0.3) is 0 Å². The van der Waals surface area contributed by atoms with Gasteiger partial charge in [0.15, 0.2) is 0 Å². The normalized spacial score (nSPS) is 10.7. The van der Waals surface area contributed by atoms with E-state index in [0.29, 0.717) is 38.5 Å². The van der Waals surface area contributed by atoms with E-state index in [2.05, 4.69) is 25.9 Å². The zero-order valence-electron chi connectivity index (χ0n) is 30.6. The first-order chi connectivity index (χ1) is 22.6. The third kappa shape index (κ3) is 45.5. The monoisotopic (exact) mass is 676 g/mol. The molecule has 0 aromatic rings. The highest BCUT2D eigenvalue weighted by Crippen LogP contribution is 2.14. The summed E-state index contributed by atoms with van der Waals surface area (Å²) in [5.41, 5.74) is 0. The van der Waals surface area contributed by atoms with Gasteiger partial charge < -0.3 is 28.8 Å². The smallest absolute Gasteiger partial charge is 0.305 e. The van der Waals surface area contributed by atoms with Crippen LogP contribution in [-0.4, -0.2) is 76.1 Å². The Bertz CT molecular complexity index is 719. The Kier molecular flexibility index (Phi) is 40.9. The van der Waals surface area contributed by atoms with Crippen molar-refractivity contribution in [3.63, 3.8) is 0 Å². The second-order valence-corrected chi connectivity index (χ2v) is 11.6. The Balaban J connectivity index is -0.000000701. The molecule has 11 nitrogen and oxygen atoms in total. The molecule has 0 fully saturated rings. The molecule has 0 radical (unpaired) electrons. The second kappa shape index (κ2) is 39.5. The van der Waals surface area contributed by atoms with Crippen LogP contribution in [0.25, 0.3) is 0 Å². The molecule has 1 N–H and O–H groups in total. The van der Waals surface area contributed by atoms with E-state index in [-0.39, 0.29) is 49.3 Å². The highest BCUT2D eigenvalue weighted by atomic mass is 16.5. The summed E-state index contributed by atoms with van der Waals surface area (Å²) in [6.45, 7) is 4.02. The van der Waals surface area contributed by atoms with Crippen LogP contribution in [0.5, 0.6) is 0 Å². The van der Waals surface area contributed by atoms with Gasteiger partial charge in [0.05, 0.1) is 34.5 Å². The largest absolute Gasteiger partial charge is 0.469 e. The van der Waals surface area contributed by atoms with Crippen LogP contribution in [0.1, 0.15) is 162 Å². The molecule has 0 saturated carbocycles. The van der Waals surface area contributed by atoms with Gasteiger partial charge in [-0.2, -0.15) is 0 Å². The number of carbonyl (C=O) groups excluding carboxylic acids is 5. The molecule has 1 unspecified atom stereocenters. The number of aliphatic hydroxyl groups excluding tert-OH is 1. The predicted octanol–water partition coefficient (Wildman–Crippen LogP) is 7.57. The lowest BCUT2D eigenvalue weighted by Gasteiger charge is -2.06. The molecular formula is C36H68O11. The number of esters is 5. The number of ether oxygens (including phenoxy) is 5. The molecule has 0 heterocycles. The molecular weight excluding hydrogens is 608 g/mol. The Morgan fingerprint density at radius 1 is 0.426 bits per heavy atom. The first-order valence-electron chi connectivity index (χ1n) is 17.7. The van der Waals surface area contributed by atoms with Gasteiger partial charge in [-0.05, 0) is 32.6 Å². The van der Waals surface area contributed by atoms with Gasteiger partial charge in [-0.15, -0.1) is 0 Å². The molecule has 0 saturated heterocycles. The van der Waals surface area contributed by atoms with Crippen molar-refractivity contribution in [3.8, 4) is 0 Å². The average Bonchev–Trinajstić information content (AvgIpc) is 3.07. The van der Waals surface area contributed by atoms with E-state index >= 15 is 0 Å². The van der Waals surface area contributed by atoms with Crippen molar-refractivity contribution < 1.29 is 52.8 Å². The SMILES string of the molecule is CCCCCCCCCCCCCCCCCC(=O)OCC(C)O.COC(=O)CCCC(=O)OC.COC(=O)CCCCC(=O)OC. The van der Waals surface area contributed by atoms with Crippen LogP contribution in [0.4, 0.5) is 0 Å². The number of hydrogen-bond acceptors (Lipinski definition) is 11. The van der Waals surface area contributed by atoms with Crippen molar-refractivity contribution in [3.05, 3.63) is 0 Å². The van der Waals surface area contributed by atoms with E-state index in [1.165, 1.54) is 112 Å². The minimum Gasteiger partial charge on any atom is -0.469 e. The van der Waals surface area contributed by atoms with Gasteiger partial charge in [-0.1, -0.05) is 96.8 Å². The summed E-state index contributed by atoms with van der Waals surface area (Å²) >= 11 is 0. The number of methoxy groups -OCH3 is 4. The van der Waals surface area contributed by atoms with Crippen LogP contribution in [0.2, 0.25) is 0 Å². The summed E-state index contributed by atoms with van der Waals surface area (Å²) in [4.78, 5) is 53.5. The van der Waals surface area contributed by atoms with Crippen molar-refractivity contribution in [1.29, 1.82) is 0 Å². The lowest BCUT2D eigenvalue weighted by molar-refractivity contribution is -0.146. The highest BCUT2D eigenvalue weighted by Gasteiger charge is 2.05. The zero-order valence-corrected chi connectivity index (χ0v) is 30.6. The topological polar surface area (TPSA) is 152 Å². The first kappa shape index (κ1) is 48.7. The van der Waals surface area contributed by atoms with Crippen molar-refractivity contribution in [2.75, 3.05) is 35.0 Å². The fourth-order valence-electron chi connectivity index (χ4n) is 4.25. The standard InChI is InChI=1S/C21H42O3.C8H14O4.C7H12O4/c1-3-4-5-6-7-8-9-10-11-12-13-14-15-16-17-18-21(23)24-19-20(2)22;1-11-7(9)5-3-4-6-8(10)12-2;1-10-6(8)4-3-5-7(9)11-2/h20,22H,3-19H2,1-2H3;3-6H2,1-2H3;3-5H2,1-2H3. The highest BCUT2D eigenvalue weighted by molar-refractivity contribution is 5.72. The molecule has 47 heavy (non-hydrogen) atoms. The summed E-state index contributed by atoms with van der Waals surface area (Å²) < 4.78 is 22.5. The maximum atomic E-state index is 11.3. The van der Waals surface area contributed by atoms with Crippen LogP contribution >= 0.6 is 0 Å². The summed E-state index contributed by atoms with van der Waals surface area (Å²) in [6.07, 6.45) is 22.9. The number of hydrogen-bond donors (Lipinski definition) is 1. The molecule has 0 aromatic carbocycles. The minimum atomic E-state index is -0.560. The van der Waals surface area contributed by atoms with E-state index in [1.807, 2.05) is 0 Å². The number of aliphatic hydroxyl groups is 1. The molecule has 0 amide bonds. The fraction of sp³-hybridized carbons (Fsp3) is 0.861. The minimum absolute atomic E-state index is 0.123. The van der Waals surface area contributed by atoms with Crippen LogP contribution in [0.3, 0.4) is 0 Å². The van der Waals surface area contributed by atoms with E-state index in [9.17, 15) is 24.0 Å².